The number of carbonyl (C=O) groups excluding carboxylic acids is 2. The summed E-state index contributed by atoms with van der Waals surface area (Å²) in [7, 11) is 1.28. The van der Waals surface area contributed by atoms with Crippen LogP contribution in [0.3, 0.4) is 0 Å². The van der Waals surface area contributed by atoms with Gasteiger partial charge in [-0.05, 0) is 20.8 Å². The second-order valence-corrected chi connectivity index (χ2v) is 5.49. The average molecular weight is 259 g/mol. The van der Waals surface area contributed by atoms with Crippen LogP contribution in [0.2, 0.25) is 0 Å². The van der Waals surface area contributed by atoms with E-state index in [0.29, 0.717) is 13.1 Å². The van der Waals surface area contributed by atoms with Gasteiger partial charge in [0.1, 0.15) is 5.60 Å². The first-order chi connectivity index (χ1) is 8.23. The van der Waals surface area contributed by atoms with Crippen LogP contribution in [0.5, 0.6) is 0 Å². The fourth-order valence-electron chi connectivity index (χ4n) is 1.65. The molecule has 1 unspecified atom stereocenters. The van der Waals surface area contributed by atoms with E-state index in [0.717, 1.165) is 0 Å². The van der Waals surface area contributed by atoms with E-state index >= 15 is 0 Å². The molecule has 1 aliphatic rings. The zero-order chi connectivity index (χ0) is 13.9. The van der Waals surface area contributed by atoms with E-state index in [-0.39, 0.29) is 18.4 Å². The molecular weight excluding hydrogens is 238 g/mol. The van der Waals surface area contributed by atoms with Gasteiger partial charge in [0.05, 0.1) is 19.6 Å². The number of amides is 1. The number of methoxy groups -OCH3 is 1. The number of ether oxygens (including phenoxy) is 2. The molecule has 0 aromatic rings. The van der Waals surface area contributed by atoms with Gasteiger partial charge in [-0.2, -0.15) is 0 Å². The van der Waals surface area contributed by atoms with Crippen LogP contribution >= 0.6 is 0 Å². The molecule has 1 saturated heterocycles. The zero-order valence-electron chi connectivity index (χ0n) is 11.3. The largest absolute Gasteiger partial charge is 0.469 e. The van der Waals surface area contributed by atoms with Gasteiger partial charge in [0.15, 0.2) is 0 Å². The second-order valence-electron chi connectivity index (χ2n) is 5.49. The predicted octanol–water partition coefficient (Wildman–Crippen LogP) is 0.777. The Morgan fingerprint density at radius 3 is 2.39 bits per heavy atom. The van der Waals surface area contributed by atoms with E-state index in [1.54, 1.807) is 20.8 Å². The van der Waals surface area contributed by atoms with E-state index in [9.17, 15) is 14.7 Å². The van der Waals surface area contributed by atoms with Crippen molar-refractivity contribution in [3.8, 4) is 0 Å². The summed E-state index contributed by atoms with van der Waals surface area (Å²) in [6.07, 6.45) is -1.19. The number of esters is 1. The zero-order valence-corrected chi connectivity index (χ0v) is 11.3. The van der Waals surface area contributed by atoms with Gasteiger partial charge >= 0.3 is 12.1 Å². The molecule has 6 heteroatoms. The highest BCUT2D eigenvalue weighted by molar-refractivity contribution is 5.70. The highest BCUT2D eigenvalue weighted by Crippen LogP contribution is 2.23. The molecule has 0 saturated carbocycles. The third-order valence-corrected chi connectivity index (χ3v) is 2.71. The Hall–Kier alpha value is -1.30. The van der Waals surface area contributed by atoms with Crippen molar-refractivity contribution < 1.29 is 24.2 Å². The van der Waals surface area contributed by atoms with Crippen molar-refractivity contribution in [2.45, 2.75) is 38.9 Å². The first-order valence-electron chi connectivity index (χ1n) is 5.95. The summed E-state index contributed by atoms with van der Waals surface area (Å²) < 4.78 is 9.66. The summed E-state index contributed by atoms with van der Waals surface area (Å²) in [6.45, 7) is 6.22. The summed E-state index contributed by atoms with van der Waals surface area (Å²) in [5.41, 5.74) is -0.521. The first-order valence-corrected chi connectivity index (χ1v) is 5.95. The number of aliphatic hydroxyl groups is 1. The highest BCUT2D eigenvalue weighted by Gasteiger charge is 2.38. The third-order valence-electron chi connectivity index (χ3n) is 2.71. The maximum absolute atomic E-state index is 11.6. The molecule has 0 radical (unpaired) electrons. The lowest BCUT2D eigenvalue weighted by Crippen LogP contribution is -2.55. The molecule has 1 rings (SSSR count). The molecule has 104 valence electrons. The SMILES string of the molecule is COC(=O)CC(O)C1CN(C(=O)OC(C)(C)C)C1. The molecule has 18 heavy (non-hydrogen) atoms. The van der Waals surface area contributed by atoms with Crippen molar-refractivity contribution in [3.63, 3.8) is 0 Å². The number of carbonyl (C=O) groups is 2. The van der Waals surface area contributed by atoms with Gasteiger partial charge in [0, 0.05) is 19.0 Å². The van der Waals surface area contributed by atoms with Crippen LogP contribution in [0.15, 0.2) is 0 Å². The highest BCUT2D eigenvalue weighted by atomic mass is 16.6. The summed E-state index contributed by atoms with van der Waals surface area (Å²) in [6, 6.07) is 0. The number of rotatable bonds is 3. The van der Waals surface area contributed by atoms with Crippen LogP contribution in [0, 0.1) is 5.92 Å². The van der Waals surface area contributed by atoms with Gasteiger partial charge in [-0.25, -0.2) is 4.79 Å². The molecule has 0 aromatic carbocycles. The molecule has 1 heterocycles. The fourth-order valence-corrected chi connectivity index (χ4v) is 1.65. The summed E-state index contributed by atoms with van der Waals surface area (Å²) in [4.78, 5) is 24.1. The van der Waals surface area contributed by atoms with Gasteiger partial charge in [0.25, 0.3) is 0 Å². The van der Waals surface area contributed by atoms with Crippen molar-refractivity contribution in [2.75, 3.05) is 20.2 Å². The molecule has 6 nitrogen and oxygen atoms in total. The number of nitrogens with zero attached hydrogens (tertiary/aromatic N) is 1. The number of aliphatic hydroxyl groups excluding tert-OH is 1. The van der Waals surface area contributed by atoms with Crippen molar-refractivity contribution >= 4 is 12.1 Å². The number of hydrogen-bond donors (Lipinski definition) is 1. The Bertz CT molecular complexity index is 317. The molecular formula is C12H21NO5. The van der Waals surface area contributed by atoms with E-state index in [2.05, 4.69) is 4.74 Å². The van der Waals surface area contributed by atoms with Crippen molar-refractivity contribution in [2.24, 2.45) is 5.92 Å². The lowest BCUT2D eigenvalue weighted by Gasteiger charge is -2.41. The third kappa shape index (κ3) is 4.18. The molecule has 0 aromatic heterocycles. The van der Waals surface area contributed by atoms with Crippen molar-refractivity contribution in [1.29, 1.82) is 0 Å². The molecule has 1 atom stereocenters. The standard InChI is InChI=1S/C12H21NO5/c1-12(2,3)18-11(16)13-6-8(7-13)9(14)5-10(15)17-4/h8-9,14H,5-7H2,1-4H3. The normalized spacial score (nSPS) is 17.9. The summed E-state index contributed by atoms with van der Waals surface area (Å²) >= 11 is 0. The maximum Gasteiger partial charge on any atom is 0.410 e. The smallest absolute Gasteiger partial charge is 0.410 e. The summed E-state index contributed by atoms with van der Waals surface area (Å²) in [5.74, 6) is -0.533. The van der Waals surface area contributed by atoms with E-state index in [1.807, 2.05) is 0 Å². The fraction of sp³-hybridized carbons (Fsp3) is 0.833. The second kappa shape index (κ2) is 5.56. The van der Waals surface area contributed by atoms with Crippen LogP contribution in [-0.4, -0.2) is 54.0 Å². The topological polar surface area (TPSA) is 76.1 Å². The lowest BCUT2D eigenvalue weighted by molar-refractivity contribution is -0.144. The number of likely N-dealkylation sites (tertiary alicyclic amines) is 1. The van der Waals surface area contributed by atoms with Gasteiger partial charge in [-0.3, -0.25) is 4.79 Å². The minimum atomic E-state index is -0.767. The quantitative estimate of drug-likeness (QED) is 0.758. The Balaban J connectivity index is 2.31. The predicted molar refractivity (Wildman–Crippen MR) is 63.9 cm³/mol. The van der Waals surface area contributed by atoms with Gasteiger partial charge in [0.2, 0.25) is 0 Å². The molecule has 1 fully saturated rings. The molecule has 0 bridgehead atoms. The Kier molecular flexibility index (Phi) is 4.56. The van der Waals surface area contributed by atoms with Crippen LogP contribution < -0.4 is 0 Å². The maximum atomic E-state index is 11.6. The first kappa shape index (κ1) is 14.8. The van der Waals surface area contributed by atoms with Crippen LogP contribution in [0.4, 0.5) is 4.79 Å². The minimum Gasteiger partial charge on any atom is -0.469 e. The van der Waals surface area contributed by atoms with Gasteiger partial charge < -0.3 is 19.5 Å². The van der Waals surface area contributed by atoms with Crippen LogP contribution in [0.1, 0.15) is 27.2 Å². The molecule has 0 aliphatic carbocycles. The Labute approximate surface area is 107 Å². The monoisotopic (exact) mass is 259 g/mol. The molecule has 1 N–H and O–H groups in total. The van der Waals surface area contributed by atoms with Crippen molar-refractivity contribution in [3.05, 3.63) is 0 Å². The van der Waals surface area contributed by atoms with Crippen LogP contribution in [-0.2, 0) is 14.3 Å². The molecule has 1 amide bonds. The summed E-state index contributed by atoms with van der Waals surface area (Å²) in [5, 5.41) is 9.72. The Morgan fingerprint density at radius 1 is 1.39 bits per heavy atom. The molecule has 0 spiro atoms. The van der Waals surface area contributed by atoms with E-state index in [4.69, 9.17) is 4.74 Å². The number of hydrogen-bond acceptors (Lipinski definition) is 5. The van der Waals surface area contributed by atoms with Gasteiger partial charge in [-0.1, -0.05) is 0 Å². The molecule has 1 aliphatic heterocycles. The van der Waals surface area contributed by atoms with Crippen LogP contribution in [0.25, 0.3) is 0 Å². The lowest BCUT2D eigenvalue weighted by atomic mass is 9.92. The van der Waals surface area contributed by atoms with Gasteiger partial charge in [-0.15, -0.1) is 0 Å². The average Bonchev–Trinajstić information content (AvgIpc) is 2.11. The van der Waals surface area contributed by atoms with E-state index in [1.165, 1.54) is 12.0 Å². The minimum absolute atomic E-state index is 0.0384. The van der Waals surface area contributed by atoms with E-state index < -0.39 is 17.7 Å². The van der Waals surface area contributed by atoms with Crippen molar-refractivity contribution in [1.82, 2.24) is 4.90 Å². The Morgan fingerprint density at radius 2 is 1.94 bits per heavy atom.